The average Bonchev–Trinajstić information content (AvgIpc) is 3.19. The first-order valence-electron chi connectivity index (χ1n) is 11.5. The molecule has 1 amide bonds. The van der Waals surface area contributed by atoms with Crippen LogP contribution in [0.1, 0.15) is 83.2 Å². The predicted molar refractivity (Wildman–Crippen MR) is 110 cm³/mol. The van der Waals surface area contributed by atoms with Gasteiger partial charge in [-0.1, -0.05) is 20.3 Å². The van der Waals surface area contributed by atoms with Gasteiger partial charge in [0.1, 0.15) is 0 Å². The third kappa shape index (κ3) is 4.29. The molecule has 156 valence electrons. The minimum absolute atomic E-state index is 0.132. The fourth-order valence-electron chi connectivity index (χ4n) is 5.41. The summed E-state index contributed by atoms with van der Waals surface area (Å²) in [6, 6.07) is 2.20. The summed E-state index contributed by atoms with van der Waals surface area (Å²) < 4.78 is 6.46. The molecule has 3 fully saturated rings. The highest BCUT2D eigenvalue weighted by molar-refractivity contribution is 5.80. The summed E-state index contributed by atoms with van der Waals surface area (Å²) in [6.07, 6.45) is 12.6. The third-order valence-corrected chi connectivity index (χ3v) is 7.58. The van der Waals surface area contributed by atoms with Crippen LogP contribution in [0.3, 0.4) is 0 Å². The minimum Gasteiger partial charge on any atom is -0.376 e. The lowest BCUT2D eigenvalue weighted by Gasteiger charge is -2.44. The van der Waals surface area contributed by atoms with E-state index in [4.69, 9.17) is 4.74 Å². The summed E-state index contributed by atoms with van der Waals surface area (Å²) in [5.41, 5.74) is 1.09. The Kier molecular flexibility index (Phi) is 6.39. The molecule has 1 N–H and O–H groups in total. The number of rotatable bonds is 6. The minimum atomic E-state index is 0.132. The molecule has 2 atom stereocenters. The maximum absolute atomic E-state index is 13.1. The molecule has 0 unspecified atom stereocenters. The predicted octanol–water partition coefficient (Wildman–Crippen LogP) is 4.52. The largest absolute Gasteiger partial charge is 0.376 e. The van der Waals surface area contributed by atoms with E-state index < -0.39 is 0 Å². The first kappa shape index (κ1) is 19.9. The first-order chi connectivity index (χ1) is 13.6. The second-order valence-electron chi connectivity index (χ2n) is 9.59. The van der Waals surface area contributed by atoms with Crippen LogP contribution in [0, 0.1) is 17.8 Å². The van der Waals surface area contributed by atoms with Crippen molar-refractivity contribution in [2.45, 2.75) is 89.7 Å². The maximum atomic E-state index is 13.1. The highest BCUT2D eigenvalue weighted by atomic mass is 16.5. The number of nitrogens with one attached hydrogen (secondary N) is 1. The second-order valence-corrected chi connectivity index (χ2v) is 9.59. The number of likely N-dealkylation sites (tertiary alicyclic amines) is 1. The number of amides is 1. The van der Waals surface area contributed by atoms with Gasteiger partial charge in [-0.25, -0.2) is 0 Å². The lowest BCUT2D eigenvalue weighted by atomic mass is 9.80. The SMILES string of the molecule is CC(C)[C@H]1CC[C@@H](OC[C@H]2[C@@H](c3cc[nH]n3)CCCN2C(=O)C2CCC2)CC1. The van der Waals surface area contributed by atoms with Gasteiger partial charge in [0.05, 0.1) is 24.4 Å². The highest BCUT2D eigenvalue weighted by Crippen LogP contribution is 2.37. The van der Waals surface area contributed by atoms with Crippen LogP contribution in [-0.2, 0) is 9.53 Å². The lowest BCUT2D eigenvalue weighted by molar-refractivity contribution is -0.145. The van der Waals surface area contributed by atoms with Crippen LogP contribution >= 0.6 is 0 Å². The number of aromatic amines is 1. The number of piperidine rings is 1. The topological polar surface area (TPSA) is 58.2 Å². The van der Waals surface area contributed by atoms with E-state index in [9.17, 15) is 4.79 Å². The van der Waals surface area contributed by atoms with Crippen molar-refractivity contribution >= 4 is 5.91 Å². The molecule has 5 heteroatoms. The summed E-state index contributed by atoms with van der Waals surface area (Å²) in [5, 5.41) is 7.43. The summed E-state index contributed by atoms with van der Waals surface area (Å²) >= 11 is 0. The molecular weight excluding hydrogens is 350 g/mol. The van der Waals surface area contributed by atoms with Crippen molar-refractivity contribution in [1.29, 1.82) is 0 Å². The second kappa shape index (κ2) is 8.98. The molecule has 28 heavy (non-hydrogen) atoms. The number of nitrogens with zero attached hydrogens (tertiary/aromatic N) is 2. The van der Waals surface area contributed by atoms with E-state index in [-0.39, 0.29) is 17.9 Å². The maximum Gasteiger partial charge on any atom is 0.226 e. The third-order valence-electron chi connectivity index (χ3n) is 7.58. The molecule has 1 aliphatic heterocycles. The number of carbonyl (C=O) groups is 1. The van der Waals surface area contributed by atoms with E-state index in [1.165, 1.54) is 32.1 Å². The van der Waals surface area contributed by atoms with Crippen LogP contribution in [-0.4, -0.2) is 46.3 Å². The summed E-state index contributed by atoms with van der Waals surface area (Å²) in [7, 11) is 0. The Balaban J connectivity index is 1.42. The van der Waals surface area contributed by atoms with Crippen molar-refractivity contribution in [3.63, 3.8) is 0 Å². The van der Waals surface area contributed by atoms with Crippen molar-refractivity contribution in [3.05, 3.63) is 18.0 Å². The van der Waals surface area contributed by atoms with Gasteiger partial charge in [-0.15, -0.1) is 0 Å². The van der Waals surface area contributed by atoms with E-state index in [0.717, 1.165) is 49.8 Å². The molecule has 2 aliphatic carbocycles. The Hall–Kier alpha value is -1.36. The Morgan fingerprint density at radius 1 is 1.18 bits per heavy atom. The molecule has 5 nitrogen and oxygen atoms in total. The van der Waals surface area contributed by atoms with Crippen molar-refractivity contribution in [2.75, 3.05) is 13.2 Å². The monoisotopic (exact) mass is 387 g/mol. The number of aromatic nitrogens is 2. The van der Waals surface area contributed by atoms with Gasteiger partial charge in [-0.3, -0.25) is 9.89 Å². The van der Waals surface area contributed by atoms with Crippen molar-refractivity contribution in [3.8, 4) is 0 Å². The van der Waals surface area contributed by atoms with Crippen molar-refractivity contribution < 1.29 is 9.53 Å². The Morgan fingerprint density at radius 2 is 1.96 bits per heavy atom. The smallest absolute Gasteiger partial charge is 0.226 e. The molecule has 3 aliphatic rings. The molecule has 0 spiro atoms. The van der Waals surface area contributed by atoms with E-state index in [1.54, 1.807) is 0 Å². The van der Waals surface area contributed by atoms with Gasteiger partial charge in [0.15, 0.2) is 0 Å². The zero-order valence-electron chi connectivity index (χ0n) is 17.6. The van der Waals surface area contributed by atoms with E-state index in [1.807, 2.05) is 6.20 Å². The van der Waals surface area contributed by atoms with Gasteiger partial charge < -0.3 is 9.64 Å². The Bertz CT molecular complexity index is 618. The van der Waals surface area contributed by atoms with Crippen molar-refractivity contribution in [1.82, 2.24) is 15.1 Å². The van der Waals surface area contributed by atoms with Gasteiger partial charge in [0, 0.05) is 24.6 Å². The molecule has 1 aromatic heterocycles. The normalized spacial score (nSPS) is 31.8. The van der Waals surface area contributed by atoms with Gasteiger partial charge in [0.2, 0.25) is 5.91 Å². The van der Waals surface area contributed by atoms with Crippen LogP contribution < -0.4 is 0 Å². The van der Waals surface area contributed by atoms with Crippen molar-refractivity contribution in [2.24, 2.45) is 17.8 Å². The average molecular weight is 388 g/mol. The number of hydrogen-bond donors (Lipinski definition) is 1. The molecule has 0 aromatic carbocycles. The van der Waals surface area contributed by atoms with E-state index >= 15 is 0 Å². The number of ether oxygens (including phenoxy) is 1. The van der Waals surface area contributed by atoms with Gasteiger partial charge in [0.25, 0.3) is 0 Å². The summed E-state index contributed by atoms with van der Waals surface area (Å²) in [6.45, 7) is 6.22. The molecule has 1 aromatic rings. The van der Waals surface area contributed by atoms with E-state index in [2.05, 4.69) is 35.0 Å². The molecule has 0 radical (unpaired) electrons. The quantitative estimate of drug-likeness (QED) is 0.781. The molecule has 0 bridgehead atoms. The number of H-pyrrole nitrogens is 1. The fraction of sp³-hybridized carbons (Fsp3) is 0.826. The highest BCUT2D eigenvalue weighted by Gasteiger charge is 2.40. The van der Waals surface area contributed by atoms with E-state index in [0.29, 0.717) is 18.6 Å². The fourth-order valence-corrected chi connectivity index (χ4v) is 5.41. The molecular formula is C23H37N3O2. The van der Waals surface area contributed by atoms with Gasteiger partial charge >= 0.3 is 0 Å². The molecule has 2 saturated carbocycles. The van der Waals surface area contributed by atoms with Crippen LogP contribution in [0.5, 0.6) is 0 Å². The summed E-state index contributed by atoms with van der Waals surface area (Å²) in [4.78, 5) is 15.3. The zero-order valence-corrected chi connectivity index (χ0v) is 17.6. The first-order valence-corrected chi connectivity index (χ1v) is 11.5. The molecule has 1 saturated heterocycles. The van der Waals surface area contributed by atoms with Gasteiger partial charge in [-0.05, 0) is 69.3 Å². The lowest BCUT2D eigenvalue weighted by Crippen LogP contribution is -2.53. The van der Waals surface area contributed by atoms with Crippen LogP contribution in [0.15, 0.2) is 12.3 Å². The Morgan fingerprint density at radius 3 is 2.57 bits per heavy atom. The van der Waals surface area contributed by atoms with Crippen LogP contribution in [0.2, 0.25) is 0 Å². The van der Waals surface area contributed by atoms with Crippen LogP contribution in [0.4, 0.5) is 0 Å². The molecule has 2 heterocycles. The standard InChI is InChI=1S/C23H37N3O2/c1-16(2)17-8-10-19(11-9-17)28-15-22-20(21-12-13-24-25-21)7-4-14-26(22)23(27)18-5-3-6-18/h12-13,16-20,22H,3-11,14-15H2,1-2H3,(H,24,25)/t17-,19+,20-,22+/m1/s1. The number of carbonyl (C=O) groups excluding carboxylic acids is 1. The zero-order chi connectivity index (χ0) is 19.5. The van der Waals surface area contributed by atoms with Crippen LogP contribution in [0.25, 0.3) is 0 Å². The number of hydrogen-bond acceptors (Lipinski definition) is 3. The van der Waals surface area contributed by atoms with Gasteiger partial charge in [-0.2, -0.15) is 5.10 Å². The summed E-state index contributed by atoms with van der Waals surface area (Å²) in [5.74, 6) is 2.53. The Labute approximate surface area is 169 Å². The molecule has 4 rings (SSSR count).